The van der Waals surface area contributed by atoms with E-state index < -0.39 is 10.2 Å². The fourth-order valence-electron chi connectivity index (χ4n) is 3.60. The Balaban J connectivity index is 1.75. The van der Waals surface area contributed by atoms with Crippen LogP contribution in [0.3, 0.4) is 0 Å². The van der Waals surface area contributed by atoms with E-state index in [0.717, 1.165) is 29.2 Å². The fraction of sp³-hybridized carbons (Fsp3) is 0.500. The summed E-state index contributed by atoms with van der Waals surface area (Å²) >= 11 is 0. The molecule has 3 rings (SSSR count). The lowest BCUT2D eigenvalue weighted by Crippen LogP contribution is -2.46. The van der Waals surface area contributed by atoms with Crippen molar-refractivity contribution in [3.8, 4) is 0 Å². The van der Waals surface area contributed by atoms with Crippen molar-refractivity contribution in [2.45, 2.75) is 25.8 Å². The molecule has 5 nitrogen and oxygen atoms in total. The van der Waals surface area contributed by atoms with Gasteiger partial charge in [0.25, 0.3) is 10.2 Å². The molecule has 0 aliphatic carbocycles. The Kier molecular flexibility index (Phi) is 5.97. The number of hydrogen-bond acceptors (Lipinski definition) is 3. The molecule has 0 saturated carbocycles. The van der Waals surface area contributed by atoms with E-state index in [1.54, 1.807) is 18.5 Å². The lowest BCUT2D eigenvalue weighted by molar-refractivity contribution is 0.119. The highest BCUT2D eigenvalue weighted by Crippen LogP contribution is 2.28. The third-order valence-electron chi connectivity index (χ3n) is 5.47. The van der Waals surface area contributed by atoms with Crippen molar-refractivity contribution in [1.29, 1.82) is 0 Å². The second kappa shape index (κ2) is 8.05. The van der Waals surface area contributed by atoms with Crippen molar-refractivity contribution in [2.75, 3.05) is 33.9 Å². The molecule has 1 atom stereocenters. The average Bonchev–Trinajstić information content (AvgIpc) is 2.67. The second-order valence-electron chi connectivity index (χ2n) is 7.10. The summed E-state index contributed by atoms with van der Waals surface area (Å²) < 4.78 is 34.4. The summed E-state index contributed by atoms with van der Waals surface area (Å²) in [6, 6.07) is 14.1. The van der Waals surface area contributed by atoms with Crippen molar-refractivity contribution in [3.63, 3.8) is 0 Å². The molecule has 0 radical (unpaired) electrons. The van der Waals surface area contributed by atoms with Gasteiger partial charge in [-0.3, -0.25) is 0 Å². The van der Waals surface area contributed by atoms with Crippen molar-refractivity contribution in [3.05, 3.63) is 48.0 Å². The Morgan fingerprint density at radius 1 is 1.15 bits per heavy atom. The van der Waals surface area contributed by atoms with Gasteiger partial charge in [0.1, 0.15) is 0 Å². The first-order valence-electron chi connectivity index (χ1n) is 9.14. The number of piperidine rings is 1. The SMILES string of the molecule is COCC1CCN(S(=O)(=O)N(C)C(C)c2ccc3ccccc3c2)CC1. The van der Waals surface area contributed by atoms with Gasteiger partial charge in [-0.15, -0.1) is 0 Å². The standard InChI is InChI=1S/C20H28N2O3S/c1-16(19-9-8-18-6-4-5-7-20(18)14-19)21(2)26(23,24)22-12-10-17(11-13-22)15-25-3/h4-9,14,16-17H,10-13,15H2,1-3H3. The number of methoxy groups -OCH3 is 1. The summed E-state index contributed by atoms with van der Waals surface area (Å²) in [5.74, 6) is 0.453. The second-order valence-corrected chi connectivity index (χ2v) is 9.09. The van der Waals surface area contributed by atoms with Gasteiger partial charge >= 0.3 is 0 Å². The summed E-state index contributed by atoms with van der Waals surface area (Å²) in [4.78, 5) is 0. The van der Waals surface area contributed by atoms with Gasteiger partial charge in [0.2, 0.25) is 0 Å². The van der Waals surface area contributed by atoms with Gasteiger partial charge in [-0.1, -0.05) is 36.4 Å². The molecule has 6 heteroatoms. The van der Waals surface area contributed by atoms with Crippen molar-refractivity contribution >= 4 is 21.0 Å². The van der Waals surface area contributed by atoms with Gasteiger partial charge in [-0.05, 0) is 48.1 Å². The molecule has 2 aromatic rings. The minimum absolute atomic E-state index is 0.221. The molecule has 0 spiro atoms. The van der Waals surface area contributed by atoms with E-state index in [2.05, 4.69) is 24.3 Å². The van der Waals surface area contributed by atoms with Crippen LogP contribution in [0.2, 0.25) is 0 Å². The molecule has 26 heavy (non-hydrogen) atoms. The topological polar surface area (TPSA) is 49.9 Å². The van der Waals surface area contributed by atoms with Crippen LogP contribution in [0, 0.1) is 5.92 Å². The Morgan fingerprint density at radius 3 is 2.46 bits per heavy atom. The highest BCUT2D eigenvalue weighted by Gasteiger charge is 2.33. The summed E-state index contributed by atoms with van der Waals surface area (Å²) in [5, 5.41) is 2.29. The molecule has 1 fully saturated rings. The molecule has 1 heterocycles. The van der Waals surface area contributed by atoms with E-state index in [9.17, 15) is 8.42 Å². The fourth-order valence-corrected chi connectivity index (χ4v) is 5.16. The molecule has 1 unspecified atom stereocenters. The van der Waals surface area contributed by atoms with Crippen LogP contribution in [0.25, 0.3) is 10.8 Å². The first-order valence-corrected chi connectivity index (χ1v) is 10.5. The highest BCUT2D eigenvalue weighted by atomic mass is 32.2. The maximum absolute atomic E-state index is 13.0. The number of benzene rings is 2. The summed E-state index contributed by atoms with van der Waals surface area (Å²) in [6.45, 7) is 3.77. The van der Waals surface area contributed by atoms with Crippen LogP contribution in [0.1, 0.15) is 31.4 Å². The van der Waals surface area contributed by atoms with Crippen LogP contribution >= 0.6 is 0 Å². The largest absolute Gasteiger partial charge is 0.384 e. The number of fused-ring (bicyclic) bond motifs is 1. The van der Waals surface area contributed by atoms with E-state index >= 15 is 0 Å². The number of nitrogens with zero attached hydrogens (tertiary/aromatic N) is 2. The van der Waals surface area contributed by atoms with Gasteiger partial charge < -0.3 is 4.74 Å². The zero-order valence-corrected chi connectivity index (χ0v) is 16.6. The molecule has 0 aromatic heterocycles. The van der Waals surface area contributed by atoms with Gasteiger partial charge in [-0.2, -0.15) is 17.0 Å². The van der Waals surface area contributed by atoms with Crippen LogP contribution in [-0.4, -0.2) is 50.9 Å². The summed E-state index contributed by atoms with van der Waals surface area (Å²) in [5.41, 5.74) is 1.00. The number of rotatable bonds is 6. The minimum atomic E-state index is -3.48. The molecular formula is C20H28N2O3S. The molecule has 1 aliphatic heterocycles. The Hall–Kier alpha value is -1.47. The summed E-state index contributed by atoms with van der Waals surface area (Å²) in [6.07, 6.45) is 1.70. The first kappa shape index (κ1) is 19.3. The predicted molar refractivity (Wildman–Crippen MR) is 105 cm³/mol. The summed E-state index contributed by atoms with van der Waals surface area (Å²) in [7, 11) is -0.102. The minimum Gasteiger partial charge on any atom is -0.384 e. The van der Waals surface area contributed by atoms with Crippen molar-refractivity contribution < 1.29 is 13.2 Å². The predicted octanol–water partition coefficient (Wildman–Crippen LogP) is 3.44. The molecule has 1 saturated heterocycles. The highest BCUT2D eigenvalue weighted by molar-refractivity contribution is 7.86. The monoisotopic (exact) mass is 376 g/mol. The van der Waals surface area contributed by atoms with E-state index in [0.29, 0.717) is 25.6 Å². The van der Waals surface area contributed by atoms with Crippen molar-refractivity contribution in [2.24, 2.45) is 5.92 Å². The average molecular weight is 377 g/mol. The van der Waals surface area contributed by atoms with E-state index in [1.165, 1.54) is 4.31 Å². The van der Waals surface area contributed by atoms with E-state index in [-0.39, 0.29) is 6.04 Å². The molecule has 2 aromatic carbocycles. The molecule has 0 bridgehead atoms. The zero-order chi connectivity index (χ0) is 18.7. The molecule has 1 aliphatic rings. The van der Waals surface area contributed by atoms with Gasteiger partial charge in [0.15, 0.2) is 0 Å². The smallest absolute Gasteiger partial charge is 0.282 e. The van der Waals surface area contributed by atoms with Gasteiger partial charge in [0.05, 0.1) is 0 Å². The van der Waals surface area contributed by atoms with Crippen molar-refractivity contribution in [1.82, 2.24) is 8.61 Å². The lowest BCUT2D eigenvalue weighted by atomic mass is 9.99. The maximum Gasteiger partial charge on any atom is 0.282 e. The molecule has 142 valence electrons. The first-order chi connectivity index (χ1) is 12.4. The Bertz CT molecular complexity index is 845. The normalized spacial score (nSPS) is 18.5. The molecular weight excluding hydrogens is 348 g/mol. The lowest BCUT2D eigenvalue weighted by Gasteiger charge is -2.35. The maximum atomic E-state index is 13.0. The Labute approximate surface area is 156 Å². The molecule has 0 N–H and O–H groups in total. The van der Waals surface area contributed by atoms with Crippen LogP contribution in [-0.2, 0) is 14.9 Å². The van der Waals surface area contributed by atoms with Crippen LogP contribution in [0.4, 0.5) is 0 Å². The number of ether oxygens (including phenoxy) is 1. The Morgan fingerprint density at radius 2 is 1.81 bits per heavy atom. The zero-order valence-electron chi connectivity index (χ0n) is 15.8. The van der Waals surface area contributed by atoms with E-state index in [1.807, 2.05) is 25.1 Å². The van der Waals surface area contributed by atoms with E-state index in [4.69, 9.17) is 4.74 Å². The van der Waals surface area contributed by atoms with Crippen LogP contribution < -0.4 is 0 Å². The number of hydrogen-bond donors (Lipinski definition) is 0. The van der Waals surface area contributed by atoms with Gasteiger partial charge in [0, 0.05) is 39.9 Å². The molecule has 0 amide bonds. The third kappa shape index (κ3) is 3.93. The van der Waals surface area contributed by atoms with Gasteiger partial charge in [-0.25, -0.2) is 0 Å². The van der Waals surface area contributed by atoms with Crippen LogP contribution in [0.5, 0.6) is 0 Å². The quantitative estimate of drug-likeness (QED) is 0.776. The third-order valence-corrected chi connectivity index (χ3v) is 7.53. The van der Waals surface area contributed by atoms with Crippen LogP contribution in [0.15, 0.2) is 42.5 Å².